The van der Waals surface area contributed by atoms with Gasteiger partial charge in [-0.25, -0.2) is 0 Å². The van der Waals surface area contributed by atoms with E-state index >= 15 is 0 Å². The van der Waals surface area contributed by atoms with Crippen LogP contribution >= 0.6 is 22.9 Å². The van der Waals surface area contributed by atoms with Crippen LogP contribution in [0.4, 0.5) is 5.69 Å². The molecule has 0 atom stereocenters. The predicted octanol–water partition coefficient (Wildman–Crippen LogP) is 2.59. The fourth-order valence-electron chi connectivity index (χ4n) is 1.74. The lowest BCUT2D eigenvalue weighted by atomic mass is 10.3. The van der Waals surface area contributed by atoms with Crippen LogP contribution in [0.3, 0.4) is 0 Å². The number of rotatable bonds is 3. The Bertz CT molecular complexity index is 576. The molecule has 4 nitrogen and oxygen atoms in total. The summed E-state index contributed by atoms with van der Waals surface area (Å²) in [6.45, 7) is 0.543. The number of nitrogen functional groups attached to an aromatic ring is 1. The SMILES string of the molecule is CN(Cc1ccc(Cl)s1)C(=O)c1cc(N)cn1C. The molecule has 0 saturated carbocycles. The van der Waals surface area contributed by atoms with Gasteiger partial charge in [-0.2, -0.15) is 0 Å². The highest BCUT2D eigenvalue weighted by atomic mass is 35.5. The van der Waals surface area contributed by atoms with Crippen LogP contribution in [0.15, 0.2) is 24.4 Å². The zero-order valence-electron chi connectivity index (χ0n) is 10.2. The monoisotopic (exact) mass is 283 g/mol. The summed E-state index contributed by atoms with van der Waals surface area (Å²) in [5.41, 5.74) is 6.84. The maximum Gasteiger partial charge on any atom is 0.270 e. The van der Waals surface area contributed by atoms with Gasteiger partial charge in [-0.3, -0.25) is 4.79 Å². The number of anilines is 1. The van der Waals surface area contributed by atoms with E-state index in [0.29, 0.717) is 17.9 Å². The first-order chi connectivity index (χ1) is 8.47. The normalized spacial score (nSPS) is 10.6. The maximum atomic E-state index is 12.2. The molecule has 96 valence electrons. The van der Waals surface area contributed by atoms with Crippen LogP contribution in [0.25, 0.3) is 0 Å². The van der Waals surface area contributed by atoms with Gasteiger partial charge in [0.05, 0.1) is 16.6 Å². The molecule has 18 heavy (non-hydrogen) atoms. The molecule has 0 bridgehead atoms. The van der Waals surface area contributed by atoms with Crippen molar-refractivity contribution < 1.29 is 4.79 Å². The van der Waals surface area contributed by atoms with Crippen LogP contribution in [-0.2, 0) is 13.6 Å². The van der Waals surface area contributed by atoms with Gasteiger partial charge in [0.15, 0.2) is 0 Å². The van der Waals surface area contributed by atoms with Gasteiger partial charge in [0.2, 0.25) is 0 Å². The number of hydrogen-bond donors (Lipinski definition) is 1. The second-order valence-electron chi connectivity index (χ2n) is 4.14. The van der Waals surface area contributed by atoms with E-state index in [2.05, 4.69) is 0 Å². The Morgan fingerprint density at radius 1 is 1.56 bits per heavy atom. The summed E-state index contributed by atoms with van der Waals surface area (Å²) >= 11 is 7.34. The van der Waals surface area contributed by atoms with E-state index < -0.39 is 0 Å². The zero-order chi connectivity index (χ0) is 13.3. The summed E-state index contributed by atoms with van der Waals surface area (Å²) in [7, 11) is 3.57. The van der Waals surface area contributed by atoms with Crippen molar-refractivity contribution in [2.75, 3.05) is 12.8 Å². The predicted molar refractivity (Wildman–Crippen MR) is 75.0 cm³/mol. The molecule has 0 aliphatic carbocycles. The Morgan fingerprint density at radius 3 is 2.78 bits per heavy atom. The molecule has 2 aromatic heterocycles. The van der Waals surface area contributed by atoms with Gasteiger partial charge in [-0.15, -0.1) is 11.3 Å². The first-order valence-electron chi connectivity index (χ1n) is 5.39. The Kier molecular flexibility index (Phi) is 3.63. The second kappa shape index (κ2) is 5.04. The summed E-state index contributed by atoms with van der Waals surface area (Å²) in [4.78, 5) is 14.9. The minimum absolute atomic E-state index is 0.0567. The van der Waals surface area contributed by atoms with Gasteiger partial charge in [-0.1, -0.05) is 11.6 Å². The highest BCUT2D eigenvalue weighted by Gasteiger charge is 2.16. The Labute approximate surface area is 115 Å². The Balaban J connectivity index is 2.11. The second-order valence-corrected chi connectivity index (χ2v) is 5.94. The van der Waals surface area contributed by atoms with Crippen LogP contribution < -0.4 is 5.73 Å². The molecule has 2 heterocycles. The molecule has 0 aliphatic rings. The fraction of sp³-hybridized carbons (Fsp3) is 0.250. The van der Waals surface area contributed by atoms with E-state index in [0.717, 1.165) is 9.21 Å². The van der Waals surface area contributed by atoms with Crippen LogP contribution in [0.2, 0.25) is 4.34 Å². The molecule has 0 aliphatic heterocycles. The lowest BCUT2D eigenvalue weighted by Gasteiger charge is -2.16. The van der Waals surface area contributed by atoms with Gasteiger partial charge in [0, 0.05) is 25.2 Å². The smallest absolute Gasteiger partial charge is 0.270 e. The molecule has 0 radical (unpaired) electrons. The van der Waals surface area contributed by atoms with Crippen LogP contribution in [0.1, 0.15) is 15.4 Å². The van der Waals surface area contributed by atoms with Crippen molar-refractivity contribution in [2.24, 2.45) is 7.05 Å². The van der Waals surface area contributed by atoms with E-state index in [-0.39, 0.29) is 5.91 Å². The van der Waals surface area contributed by atoms with Crippen molar-refractivity contribution in [3.05, 3.63) is 39.3 Å². The maximum absolute atomic E-state index is 12.2. The largest absolute Gasteiger partial charge is 0.397 e. The number of nitrogens with two attached hydrogens (primary N) is 1. The van der Waals surface area contributed by atoms with Crippen molar-refractivity contribution in [1.29, 1.82) is 0 Å². The number of thiophene rings is 1. The molecule has 0 aromatic carbocycles. The average Bonchev–Trinajstić information content (AvgIpc) is 2.84. The van der Waals surface area contributed by atoms with Crippen LogP contribution in [0.5, 0.6) is 0 Å². The third-order valence-electron chi connectivity index (χ3n) is 2.61. The first-order valence-corrected chi connectivity index (χ1v) is 6.58. The molecular formula is C12H14ClN3OS. The highest BCUT2D eigenvalue weighted by molar-refractivity contribution is 7.16. The Hall–Kier alpha value is -1.46. The van der Waals surface area contributed by atoms with E-state index in [1.54, 1.807) is 35.8 Å². The van der Waals surface area contributed by atoms with Gasteiger partial charge >= 0.3 is 0 Å². The molecule has 2 N–H and O–H groups in total. The quantitative estimate of drug-likeness (QED) is 0.941. The van der Waals surface area contributed by atoms with Crippen molar-refractivity contribution in [3.8, 4) is 0 Å². The van der Waals surface area contributed by atoms with Gasteiger partial charge < -0.3 is 15.2 Å². The number of aryl methyl sites for hydroxylation is 1. The van der Waals surface area contributed by atoms with Crippen LogP contribution in [0, 0.1) is 0 Å². The average molecular weight is 284 g/mol. The molecule has 0 fully saturated rings. The lowest BCUT2D eigenvalue weighted by molar-refractivity contribution is 0.0777. The highest BCUT2D eigenvalue weighted by Crippen LogP contribution is 2.23. The summed E-state index contributed by atoms with van der Waals surface area (Å²) < 4.78 is 2.46. The first kappa shape index (κ1) is 13.0. The standard InChI is InChI=1S/C12H14ClN3OS/c1-15-6-8(14)5-10(15)12(17)16(2)7-9-3-4-11(13)18-9/h3-6H,7,14H2,1-2H3. The van der Waals surface area contributed by atoms with Crippen molar-refractivity contribution in [2.45, 2.75) is 6.54 Å². The van der Waals surface area contributed by atoms with Crippen molar-refractivity contribution in [1.82, 2.24) is 9.47 Å². The van der Waals surface area contributed by atoms with Gasteiger partial charge in [0.1, 0.15) is 5.69 Å². The molecular weight excluding hydrogens is 270 g/mol. The zero-order valence-corrected chi connectivity index (χ0v) is 11.8. The minimum Gasteiger partial charge on any atom is -0.397 e. The van der Waals surface area contributed by atoms with E-state index in [9.17, 15) is 4.79 Å². The molecule has 1 amide bonds. The number of halogens is 1. The number of aromatic nitrogens is 1. The molecule has 2 rings (SSSR count). The molecule has 0 spiro atoms. The molecule has 6 heteroatoms. The Morgan fingerprint density at radius 2 is 2.28 bits per heavy atom. The van der Waals surface area contributed by atoms with E-state index in [1.807, 2.05) is 12.1 Å². The van der Waals surface area contributed by atoms with Gasteiger partial charge in [-0.05, 0) is 18.2 Å². The fourth-order valence-corrected chi connectivity index (χ4v) is 2.88. The van der Waals surface area contributed by atoms with E-state index in [4.69, 9.17) is 17.3 Å². The number of amides is 1. The van der Waals surface area contributed by atoms with Crippen molar-refractivity contribution in [3.63, 3.8) is 0 Å². The number of carbonyl (C=O) groups is 1. The third-order valence-corrected chi connectivity index (χ3v) is 3.83. The van der Waals surface area contributed by atoms with Crippen molar-refractivity contribution >= 4 is 34.5 Å². The van der Waals surface area contributed by atoms with Crippen LogP contribution in [-0.4, -0.2) is 22.4 Å². The minimum atomic E-state index is -0.0567. The molecule has 2 aromatic rings. The number of nitrogens with zero attached hydrogens (tertiary/aromatic N) is 2. The summed E-state index contributed by atoms with van der Waals surface area (Å²) in [5, 5.41) is 0. The summed E-state index contributed by atoms with van der Waals surface area (Å²) in [5.74, 6) is -0.0567. The molecule has 0 unspecified atom stereocenters. The summed E-state index contributed by atoms with van der Waals surface area (Å²) in [6, 6.07) is 5.44. The topological polar surface area (TPSA) is 51.3 Å². The number of hydrogen-bond acceptors (Lipinski definition) is 3. The molecule has 0 saturated heterocycles. The van der Waals surface area contributed by atoms with Gasteiger partial charge in [0.25, 0.3) is 5.91 Å². The lowest BCUT2D eigenvalue weighted by Crippen LogP contribution is -2.27. The summed E-state index contributed by atoms with van der Waals surface area (Å²) in [6.07, 6.45) is 1.73. The van der Waals surface area contributed by atoms with E-state index in [1.165, 1.54) is 11.3 Å². The number of carbonyl (C=O) groups excluding carboxylic acids is 1. The third kappa shape index (κ3) is 2.68.